The molecule has 38 heavy (non-hydrogen) atoms. The van der Waals surface area contributed by atoms with Gasteiger partial charge in [-0.1, -0.05) is 56.6 Å². The number of likely N-dealkylation sites (tertiary alicyclic amines) is 1. The normalized spacial score (nSPS) is 17.7. The molecule has 2 amide bonds. The van der Waals surface area contributed by atoms with Gasteiger partial charge in [0, 0.05) is 38.2 Å². The van der Waals surface area contributed by atoms with Gasteiger partial charge in [-0.25, -0.2) is 4.98 Å². The lowest BCUT2D eigenvalue weighted by Gasteiger charge is -2.41. The van der Waals surface area contributed by atoms with Crippen LogP contribution < -0.4 is 10.2 Å². The van der Waals surface area contributed by atoms with Crippen LogP contribution in [-0.2, 0) is 10.2 Å². The Balaban J connectivity index is 1.70. The minimum atomic E-state index is -0.421. The fourth-order valence-electron chi connectivity index (χ4n) is 5.08. The molecule has 2 aromatic carbocycles. The Kier molecular flexibility index (Phi) is 8.12. The molecule has 1 aliphatic heterocycles. The van der Waals surface area contributed by atoms with Gasteiger partial charge in [0.1, 0.15) is 5.69 Å². The molecule has 6 nitrogen and oxygen atoms in total. The molecule has 1 N–H and O–H groups in total. The molecule has 4 rings (SSSR count). The molecule has 0 radical (unpaired) electrons. The Morgan fingerprint density at radius 2 is 1.79 bits per heavy atom. The second-order valence-corrected chi connectivity index (χ2v) is 11.8. The molecular weight excluding hydrogens is 496 g/mol. The van der Waals surface area contributed by atoms with Crippen LogP contribution in [0.15, 0.2) is 60.8 Å². The summed E-state index contributed by atoms with van der Waals surface area (Å²) in [6.45, 7) is 8.84. The van der Waals surface area contributed by atoms with Crippen molar-refractivity contribution in [1.29, 1.82) is 0 Å². The molecule has 1 aromatic heterocycles. The van der Waals surface area contributed by atoms with Crippen LogP contribution in [0.5, 0.6) is 0 Å². The van der Waals surface area contributed by atoms with Gasteiger partial charge in [-0.15, -0.1) is 0 Å². The van der Waals surface area contributed by atoms with Crippen molar-refractivity contribution in [2.45, 2.75) is 52.0 Å². The lowest BCUT2D eigenvalue weighted by Crippen LogP contribution is -2.46. The predicted octanol–water partition coefficient (Wildman–Crippen LogP) is 6.64. The first-order valence-electron chi connectivity index (χ1n) is 13.1. The molecule has 0 bridgehead atoms. The number of nitrogens with zero attached hydrogens (tertiary/aromatic N) is 3. The van der Waals surface area contributed by atoms with E-state index in [-0.39, 0.29) is 17.2 Å². The van der Waals surface area contributed by atoms with Gasteiger partial charge in [-0.05, 0) is 72.2 Å². The smallest absolute Gasteiger partial charge is 0.273 e. The highest BCUT2D eigenvalue weighted by Gasteiger charge is 2.40. The minimum absolute atomic E-state index is 0.0328. The van der Waals surface area contributed by atoms with Crippen LogP contribution in [0.2, 0.25) is 5.02 Å². The van der Waals surface area contributed by atoms with E-state index in [1.54, 1.807) is 6.07 Å². The Morgan fingerprint density at radius 3 is 2.42 bits per heavy atom. The highest BCUT2D eigenvalue weighted by atomic mass is 35.5. The van der Waals surface area contributed by atoms with E-state index in [0.29, 0.717) is 23.7 Å². The van der Waals surface area contributed by atoms with Crippen LogP contribution in [0.25, 0.3) is 0 Å². The molecule has 7 heteroatoms. The zero-order valence-corrected chi connectivity index (χ0v) is 23.8. The van der Waals surface area contributed by atoms with Crippen LogP contribution >= 0.6 is 11.6 Å². The number of halogens is 1. The van der Waals surface area contributed by atoms with E-state index in [4.69, 9.17) is 11.6 Å². The molecule has 1 fully saturated rings. The fraction of sp³-hybridized carbons (Fsp3) is 0.387. The number of pyridine rings is 1. The van der Waals surface area contributed by atoms with Crippen molar-refractivity contribution in [3.8, 4) is 0 Å². The van der Waals surface area contributed by atoms with Gasteiger partial charge < -0.3 is 15.1 Å². The molecule has 0 aliphatic carbocycles. The molecule has 2 heterocycles. The maximum Gasteiger partial charge on any atom is 0.273 e. The minimum Gasteiger partial charge on any atom is -0.378 e. The fourth-order valence-corrected chi connectivity index (χ4v) is 5.29. The third kappa shape index (κ3) is 6.02. The summed E-state index contributed by atoms with van der Waals surface area (Å²) in [6.07, 6.45) is 2.91. The molecule has 3 aromatic rings. The van der Waals surface area contributed by atoms with Crippen molar-refractivity contribution in [3.05, 3.63) is 88.2 Å². The van der Waals surface area contributed by atoms with Gasteiger partial charge in [0.15, 0.2) is 0 Å². The number of aromatic nitrogens is 1. The molecule has 1 saturated heterocycles. The monoisotopic (exact) mass is 532 g/mol. The summed E-state index contributed by atoms with van der Waals surface area (Å²) in [5, 5.41) is 3.64. The number of anilines is 2. The molecule has 0 unspecified atom stereocenters. The number of hydrogen-bond donors (Lipinski definition) is 1. The van der Waals surface area contributed by atoms with E-state index < -0.39 is 12.0 Å². The average molecular weight is 533 g/mol. The van der Waals surface area contributed by atoms with E-state index in [0.717, 1.165) is 34.5 Å². The third-order valence-electron chi connectivity index (χ3n) is 7.22. The van der Waals surface area contributed by atoms with Crippen molar-refractivity contribution >= 4 is 34.8 Å². The SMILES string of the molecule is Cc1cc(Cl)cnc1C(=O)N1CCC[C@H](C(=O)Nc2cccc(C(C)(C)C)c2)[C@@H]1c1ccc(N(C)C)cc1. The summed E-state index contributed by atoms with van der Waals surface area (Å²) < 4.78 is 0. The second kappa shape index (κ2) is 11.2. The number of rotatable bonds is 5. The lowest BCUT2D eigenvalue weighted by molar-refractivity contribution is -0.123. The molecule has 1 aliphatic rings. The second-order valence-electron chi connectivity index (χ2n) is 11.3. The highest BCUT2D eigenvalue weighted by Crippen LogP contribution is 2.39. The van der Waals surface area contributed by atoms with E-state index >= 15 is 0 Å². The summed E-state index contributed by atoms with van der Waals surface area (Å²) in [5.41, 5.74) is 4.95. The average Bonchev–Trinajstić information content (AvgIpc) is 2.87. The lowest BCUT2D eigenvalue weighted by atomic mass is 9.83. The summed E-state index contributed by atoms with van der Waals surface area (Å²) in [6, 6.07) is 17.4. The predicted molar refractivity (Wildman–Crippen MR) is 155 cm³/mol. The maximum absolute atomic E-state index is 13.9. The van der Waals surface area contributed by atoms with Crippen molar-refractivity contribution in [1.82, 2.24) is 9.88 Å². The van der Waals surface area contributed by atoms with E-state index in [1.807, 2.05) is 73.3 Å². The molecule has 2 atom stereocenters. The summed E-state index contributed by atoms with van der Waals surface area (Å²) >= 11 is 6.11. The van der Waals surface area contributed by atoms with Crippen molar-refractivity contribution in [3.63, 3.8) is 0 Å². The van der Waals surface area contributed by atoms with E-state index in [9.17, 15) is 9.59 Å². The number of benzene rings is 2. The number of amides is 2. The standard InChI is InChI=1S/C31H37ClN4O2/c1-20-17-23(32)19-33-27(20)30(38)36-16-8-11-26(28(36)21-12-14-25(15-13-21)35(5)6)29(37)34-24-10-7-9-22(18-24)31(2,3)4/h7,9-10,12-15,17-19,26,28H,8,11,16H2,1-6H3,(H,34,37)/t26-,28-/m0/s1. The number of nitrogens with one attached hydrogen (secondary N) is 1. The third-order valence-corrected chi connectivity index (χ3v) is 7.43. The molecular formula is C31H37ClN4O2. The first-order valence-corrected chi connectivity index (χ1v) is 13.5. The highest BCUT2D eigenvalue weighted by molar-refractivity contribution is 6.30. The zero-order chi connectivity index (χ0) is 27.6. The Labute approximate surface area is 231 Å². The van der Waals surface area contributed by atoms with Crippen LogP contribution in [0.4, 0.5) is 11.4 Å². The van der Waals surface area contributed by atoms with Crippen molar-refractivity contribution in [2.24, 2.45) is 5.92 Å². The summed E-state index contributed by atoms with van der Waals surface area (Å²) in [7, 11) is 3.98. The number of piperidine rings is 1. The first kappa shape index (κ1) is 27.6. The Hall–Kier alpha value is -3.38. The molecule has 0 saturated carbocycles. The van der Waals surface area contributed by atoms with Gasteiger partial charge >= 0.3 is 0 Å². The Bertz CT molecular complexity index is 1310. The number of aryl methyl sites for hydroxylation is 1. The van der Waals surface area contributed by atoms with E-state index in [1.165, 1.54) is 6.20 Å². The van der Waals surface area contributed by atoms with Gasteiger partial charge in [0.25, 0.3) is 5.91 Å². The summed E-state index contributed by atoms with van der Waals surface area (Å²) in [5.74, 6) is -0.687. The van der Waals surface area contributed by atoms with Crippen LogP contribution in [0.3, 0.4) is 0 Å². The van der Waals surface area contributed by atoms with Crippen molar-refractivity contribution < 1.29 is 9.59 Å². The number of carbonyl (C=O) groups excluding carboxylic acids is 2. The van der Waals surface area contributed by atoms with Crippen LogP contribution in [0, 0.1) is 12.8 Å². The van der Waals surface area contributed by atoms with Gasteiger partial charge in [-0.2, -0.15) is 0 Å². The number of carbonyl (C=O) groups is 2. The van der Waals surface area contributed by atoms with Gasteiger partial charge in [0.2, 0.25) is 5.91 Å². The summed E-state index contributed by atoms with van der Waals surface area (Å²) in [4.78, 5) is 35.9. The largest absolute Gasteiger partial charge is 0.378 e. The van der Waals surface area contributed by atoms with Gasteiger partial charge in [0.05, 0.1) is 17.0 Å². The topological polar surface area (TPSA) is 65.5 Å². The van der Waals surface area contributed by atoms with Crippen LogP contribution in [-0.4, -0.2) is 42.3 Å². The quantitative estimate of drug-likeness (QED) is 0.400. The van der Waals surface area contributed by atoms with Crippen LogP contribution in [0.1, 0.15) is 66.8 Å². The van der Waals surface area contributed by atoms with Crippen molar-refractivity contribution in [2.75, 3.05) is 30.9 Å². The number of hydrogen-bond acceptors (Lipinski definition) is 4. The maximum atomic E-state index is 13.9. The van der Waals surface area contributed by atoms with E-state index in [2.05, 4.69) is 37.1 Å². The zero-order valence-electron chi connectivity index (χ0n) is 23.1. The first-order chi connectivity index (χ1) is 18.0. The molecule has 0 spiro atoms. The van der Waals surface area contributed by atoms with Gasteiger partial charge in [-0.3, -0.25) is 9.59 Å². The molecule has 200 valence electrons. The Morgan fingerprint density at radius 1 is 1.08 bits per heavy atom.